The van der Waals surface area contributed by atoms with E-state index in [1.54, 1.807) is 6.92 Å². The predicted molar refractivity (Wildman–Crippen MR) is 68.9 cm³/mol. The van der Waals surface area contributed by atoms with Gasteiger partial charge in [-0.25, -0.2) is 4.79 Å². The summed E-state index contributed by atoms with van der Waals surface area (Å²) in [6.07, 6.45) is 1.04. The Balaban J connectivity index is 2.87. The fourth-order valence-corrected chi connectivity index (χ4v) is 1.60. The van der Waals surface area contributed by atoms with Crippen molar-refractivity contribution in [1.29, 1.82) is 0 Å². The molecular formula is C14H21NO2. The molecule has 1 aromatic rings. The zero-order chi connectivity index (χ0) is 12.9. The lowest BCUT2D eigenvalue weighted by atomic mass is 9.91. The largest absolute Gasteiger partial charge is 0.480 e. The van der Waals surface area contributed by atoms with Crippen molar-refractivity contribution in [1.82, 2.24) is 5.32 Å². The van der Waals surface area contributed by atoms with E-state index in [4.69, 9.17) is 0 Å². The molecule has 0 spiro atoms. The van der Waals surface area contributed by atoms with Gasteiger partial charge in [0.05, 0.1) is 0 Å². The molecule has 0 aliphatic heterocycles. The molecule has 2 N–H and O–H groups in total. The Hall–Kier alpha value is -1.35. The number of rotatable bonds is 6. The van der Waals surface area contributed by atoms with Gasteiger partial charge in [-0.05, 0) is 24.9 Å². The molecule has 2 unspecified atom stereocenters. The summed E-state index contributed by atoms with van der Waals surface area (Å²) in [5, 5.41) is 12.6. The van der Waals surface area contributed by atoms with Crippen LogP contribution < -0.4 is 5.32 Å². The van der Waals surface area contributed by atoms with Crippen molar-refractivity contribution in [3.05, 3.63) is 35.9 Å². The minimum atomic E-state index is -1.01. The Bertz CT molecular complexity index is 364. The first-order valence-electron chi connectivity index (χ1n) is 6.04. The zero-order valence-electron chi connectivity index (χ0n) is 10.7. The molecule has 0 aliphatic carbocycles. The molecule has 3 nitrogen and oxygen atoms in total. The summed E-state index contributed by atoms with van der Waals surface area (Å²) in [4.78, 5) is 11.5. The highest BCUT2D eigenvalue weighted by atomic mass is 16.4. The molecule has 17 heavy (non-hydrogen) atoms. The number of aliphatic carboxylic acids is 1. The van der Waals surface area contributed by atoms with E-state index < -0.39 is 11.5 Å². The number of hydrogen-bond donors (Lipinski definition) is 2. The highest BCUT2D eigenvalue weighted by Crippen LogP contribution is 2.21. The first-order valence-corrected chi connectivity index (χ1v) is 6.04. The summed E-state index contributed by atoms with van der Waals surface area (Å²) in [7, 11) is 0. The number of nitrogens with one attached hydrogen (secondary N) is 1. The number of carboxylic acid groups (broad SMARTS) is 1. The van der Waals surface area contributed by atoms with E-state index >= 15 is 0 Å². The second kappa shape index (κ2) is 5.82. The zero-order valence-corrected chi connectivity index (χ0v) is 10.7. The van der Waals surface area contributed by atoms with E-state index in [0.717, 1.165) is 12.0 Å². The van der Waals surface area contributed by atoms with Gasteiger partial charge in [0, 0.05) is 0 Å². The third-order valence-electron chi connectivity index (χ3n) is 3.28. The molecule has 0 fully saturated rings. The van der Waals surface area contributed by atoms with Crippen molar-refractivity contribution in [2.45, 2.75) is 32.7 Å². The first-order chi connectivity index (χ1) is 8.00. The van der Waals surface area contributed by atoms with Crippen LogP contribution in [0.4, 0.5) is 0 Å². The van der Waals surface area contributed by atoms with Crippen LogP contribution in [0, 0.1) is 5.92 Å². The molecule has 0 aliphatic rings. The van der Waals surface area contributed by atoms with Crippen LogP contribution in [-0.2, 0) is 10.3 Å². The number of carbonyl (C=O) groups is 1. The number of carboxylic acids is 1. The fraction of sp³-hybridized carbons (Fsp3) is 0.500. The molecule has 2 atom stereocenters. The van der Waals surface area contributed by atoms with Crippen LogP contribution in [0.2, 0.25) is 0 Å². The van der Waals surface area contributed by atoms with Crippen molar-refractivity contribution in [2.75, 3.05) is 6.54 Å². The van der Waals surface area contributed by atoms with Crippen LogP contribution in [0.5, 0.6) is 0 Å². The Kier molecular flexibility index (Phi) is 4.70. The minimum absolute atomic E-state index is 0.470. The second-order valence-electron chi connectivity index (χ2n) is 4.69. The van der Waals surface area contributed by atoms with Gasteiger partial charge in [0.1, 0.15) is 5.54 Å². The predicted octanol–water partition coefficient (Wildman–Crippen LogP) is 2.62. The summed E-state index contributed by atoms with van der Waals surface area (Å²) >= 11 is 0. The quantitative estimate of drug-likeness (QED) is 0.797. The van der Waals surface area contributed by atoms with Crippen LogP contribution >= 0.6 is 0 Å². The van der Waals surface area contributed by atoms with Gasteiger partial charge < -0.3 is 5.11 Å². The molecule has 0 heterocycles. The van der Waals surface area contributed by atoms with Crippen LogP contribution in [0.3, 0.4) is 0 Å². The minimum Gasteiger partial charge on any atom is -0.480 e. The molecule has 1 rings (SSSR count). The SMILES string of the molecule is CCC(C)CNC(C)(C(=O)O)c1ccccc1. The molecule has 1 aromatic carbocycles. The Morgan fingerprint density at radius 2 is 2.00 bits per heavy atom. The maximum absolute atomic E-state index is 11.5. The molecular weight excluding hydrogens is 214 g/mol. The Labute approximate surface area is 103 Å². The van der Waals surface area contributed by atoms with Crippen LogP contribution in [-0.4, -0.2) is 17.6 Å². The Morgan fingerprint density at radius 1 is 1.41 bits per heavy atom. The smallest absolute Gasteiger partial charge is 0.328 e. The molecule has 0 bridgehead atoms. The van der Waals surface area contributed by atoms with E-state index in [0.29, 0.717) is 12.5 Å². The average molecular weight is 235 g/mol. The Morgan fingerprint density at radius 3 is 2.47 bits per heavy atom. The van der Waals surface area contributed by atoms with Gasteiger partial charge in [0.15, 0.2) is 0 Å². The van der Waals surface area contributed by atoms with E-state index in [-0.39, 0.29) is 0 Å². The summed E-state index contributed by atoms with van der Waals surface area (Å²) in [5.41, 5.74) is -0.221. The first kappa shape index (κ1) is 13.7. The van der Waals surface area contributed by atoms with Crippen LogP contribution in [0.1, 0.15) is 32.8 Å². The van der Waals surface area contributed by atoms with Gasteiger partial charge in [-0.2, -0.15) is 0 Å². The molecule has 94 valence electrons. The third kappa shape index (κ3) is 3.30. The van der Waals surface area contributed by atoms with Gasteiger partial charge in [0.25, 0.3) is 0 Å². The van der Waals surface area contributed by atoms with Crippen LogP contribution in [0.15, 0.2) is 30.3 Å². The van der Waals surface area contributed by atoms with Crippen molar-refractivity contribution in [3.63, 3.8) is 0 Å². The van der Waals surface area contributed by atoms with Crippen molar-refractivity contribution < 1.29 is 9.90 Å². The molecule has 0 saturated carbocycles. The standard InChI is InChI=1S/C14H21NO2/c1-4-11(2)10-15-14(3,13(16)17)12-8-6-5-7-9-12/h5-9,11,15H,4,10H2,1-3H3,(H,16,17). The fourth-order valence-electron chi connectivity index (χ4n) is 1.60. The summed E-state index contributed by atoms with van der Waals surface area (Å²) in [6, 6.07) is 9.30. The molecule has 0 amide bonds. The van der Waals surface area contributed by atoms with Gasteiger partial charge in [-0.1, -0.05) is 50.6 Å². The molecule has 0 saturated heterocycles. The maximum atomic E-state index is 11.5. The van der Waals surface area contributed by atoms with Gasteiger partial charge >= 0.3 is 5.97 Å². The van der Waals surface area contributed by atoms with E-state index in [1.807, 2.05) is 30.3 Å². The molecule has 0 aromatic heterocycles. The highest BCUT2D eigenvalue weighted by Gasteiger charge is 2.34. The van der Waals surface area contributed by atoms with Gasteiger partial charge in [0.2, 0.25) is 0 Å². The van der Waals surface area contributed by atoms with Crippen LogP contribution in [0.25, 0.3) is 0 Å². The second-order valence-corrected chi connectivity index (χ2v) is 4.69. The molecule has 0 radical (unpaired) electrons. The van der Waals surface area contributed by atoms with Crippen molar-refractivity contribution in [2.24, 2.45) is 5.92 Å². The lowest BCUT2D eigenvalue weighted by Crippen LogP contribution is -2.48. The number of hydrogen-bond acceptors (Lipinski definition) is 2. The summed E-state index contributed by atoms with van der Waals surface area (Å²) in [5.74, 6) is -0.371. The van der Waals surface area contributed by atoms with E-state index in [1.165, 1.54) is 0 Å². The normalized spacial score (nSPS) is 16.2. The lowest BCUT2D eigenvalue weighted by Gasteiger charge is -2.28. The highest BCUT2D eigenvalue weighted by molar-refractivity contribution is 5.80. The summed E-state index contributed by atoms with van der Waals surface area (Å²) in [6.45, 7) is 6.63. The third-order valence-corrected chi connectivity index (χ3v) is 3.28. The van der Waals surface area contributed by atoms with Gasteiger partial charge in [-0.15, -0.1) is 0 Å². The lowest BCUT2D eigenvalue weighted by molar-refractivity contribution is -0.144. The van der Waals surface area contributed by atoms with E-state index in [2.05, 4.69) is 19.2 Å². The maximum Gasteiger partial charge on any atom is 0.328 e. The number of benzene rings is 1. The monoisotopic (exact) mass is 235 g/mol. The van der Waals surface area contributed by atoms with Gasteiger partial charge in [-0.3, -0.25) is 5.32 Å². The summed E-state index contributed by atoms with van der Waals surface area (Å²) < 4.78 is 0. The van der Waals surface area contributed by atoms with E-state index in [9.17, 15) is 9.90 Å². The average Bonchev–Trinajstić information content (AvgIpc) is 2.36. The topological polar surface area (TPSA) is 49.3 Å². The van der Waals surface area contributed by atoms with Crippen molar-refractivity contribution in [3.8, 4) is 0 Å². The van der Waals surface area contributed by atoms with Crippen molar-refractivity contribution >= 4 is 5.97 Å². The molecule has 3 heteroatoms.